The summed E-state index contributed by atoms with van der Waals surface area (Å²) in [6, 6.07) is 20.1. The van der Waals surface area contributed by atoms with Crippen molar-refractivity contribution in [3.05, 3.63) is 90.5 Å². The van der Waals surface area contributed by atoms with Crippen LogP contribution in [0.25, 0.3) is 22.2 Å². The van der Waals surface area contributed by atoms with Gasteiger partial charge in [-0.3, -0.25) is 9.89 Å². The van der Waals surface area contributed by atoms with E-state index in [1.165, 1.54) is 0 Å². The average molecular weight is 606 g/mol. The van der Waals surface area contributed by atoms with Crippen molar-refractivity contribution < 1.29 is 37.3 Å². The number of alkyl halides is 3. The Morgan fingerprint density at radius 3 is 2.55 bits per heavy atom. The smallest absolute Gasteiger partial charge is 0.490 e. The van der Waals surface area contributed by atoms with E-state index in [1.807, 2.05) is 53.2 Å². The van der Waals surface area contributed by atoms with Crippen molar-refractivity contribution >= 4 is 28.5 Å². The highest BCUT2D eigenvalue weighted by atomic mass is 19.4. The Bertz CT molecular complexity index is 1840. The van der Waals surface area contributed by atoms with Gasteiger partial charge in [0.05, 0.1) is 36.6 Å². The zero-order valence-corrected chi connectivity index (χ0v) is 23.3. The zero-order valence-electron chi connectivity index (χ0n) is 23.3. The number of hydrogen-bond donors (Lipinski definition) is 3. The van der Waals surface area contributed by atoms with Crippen LogP contribution in [-0.2, 0) is 21.5 Å². The Balaban J connectivity index is 0.000000441. The van der Waals surface area contributed by atoms with Crippen LogP contribution < -0.4 is 14.8 Å². The molecule has 0 unspecified atom stereocenters. The lowest BCUT2D eigenvalue weighted by molar-refractivity contribution is -0.192. The highest BCUT2D eigenvalue weighted by Gasteiger charge is 2.65. The maximum atomic E-state index is 13.0. The molecule has 1 fully saturated rings. The fourth-order valence-electron chi connectivity index (χ4n) is 5.57. The molecule has 2 aliphatic rings. The molecule has 0 radical (unpaired) electrons. The van der Waals surface area contributed by atoms with Gasteiger partial charge in [0, 0.05) is 34.9 Å². The highest BCUT2D eigenvalue weighted by Crippen LogP contribution is 2.65. The van der Waals surface area contributed by atoms with E-state index in [1.54, 1.807) is 19.6 Å². The van der Waals surface area contributed by atoms with E-state index in [2.05, 4.69) is 38.7 Å². The van der Waals surface area contributed by atoms with Gasteiger partial charge in [0.1, 0.15) is 18.1 Å². The molecule has 226 valence electrons. The van der Waals surface area contributed by atoms with Gasteiger partial charge in [-0.15, -0.1) is 0 Å². The number of amides is 1. The van der Waals surface area contributed by atoms with E-state index in [9.17, 15) is 18.0 Å². The Kier molecular flexibility index (Phi) is 7.23. The minimum absolute atomic E-state index is 0.0680. The largest absolute Gasteiger partial charge is 0.497 e. The molecule has 3 heterocycles. The Morgan fingerprint density at radius 2 is 1.86 bits per heavy atom. The summed E-state index contributed by atoms with van der Waals surface area (Å²) in [5.41, 5.74) is 5.39. The van der Waals surface area contributed by atoms with Crippen LogP contribution in [0, 0.1) is 0 Å². The zero-order chi connectivity index (χ0) is 31.1. The number of H-pyrrole nitrogens is 1. The van der Waals surface area contributed by atoms with Gasteiger partial charge in [-0.05, 0) is 66.1 Å². The molecule has 1 amide bonds. The molecular weight excluding hydrogens is 579 g/mol. The first kappa shape index (κ1) is 28.8. The standard InChI is InChI=1S/C29H25N5O3.C2HF3O2/c1-36-21-7-9-25-23(15-21)29(28(35)31-25)16-24(29)19-4-8-22-26(14-19)32-33-27(22)18-2-5-20(6-3-18)37-13-12-34-11-10-30-17-34;3-2(4,5)1(6)7/h2-11,14-15,17,24H,12-13,16H2,1H3,(H,31,35)(H,32,33);(H,6,7)/t24-,29-;/m0./s1. The quantitative estimate of drug-likeness (QED) is 0.223. The number of carboxylic acid groups (broad SMARTS) is 1. The predicted octanol–water partition coefficient (Wildman–Crippen LogP) is 5.52. The van der Waals surface area contributed by atoms with Crippen LogP contribution in [0.5, 0.6) is 11.5 Å². The summed E-state index contributed by atoms with van der Waals surface area (Å²) in [5.74, 6) is -0.984. The summed E-state index contributed by atoms with van der Waals surface area (Å²) in [7, 11) is 1.65. The predicted molar refractivity (Wildman–Crippen MR) is 154 cm³/mol. The van der Waals surface area contributed by atoms with Gasteiger partial charge in [0.15, 0.2) is 0 Å². The van der Waals surface area contributed by atoms with Gasteiger partial charge in [-0.1, -0.05) is 12.1 Å². The molecule has 1 spiro atoms. The SMILES string of the molecule is COc1ccc2c(c1)[C@]1(C[C@H]1c1ccc3c(-c4ccc(OCCn5ccnc5)cc4)n[nH]c3c1)C(=O)N2.O=C(O)C(F)(F)F. The lowest BCUT2D eigenvalue weighted by Crippen LogP contribution is -2.21. The van der Waals surface area contributed by atoms with Gasteiger partial charge >= 0.3 is 12.1 Å². The average Bonchev–Trinajstić information content (AvgIpc) is 3.25. The number of aliphatic carboxylic acids is 1. The fourth-order valence-corrected chi connectivity index (χ4v) is 5.57. The van der Waals surface area contributed by atoms with Crippen LogP contribution in [0.3, 0.4) is 0 Å². The van der Waals surface area contributed by atoms with E-state index in [0.29, 0.717) is 6.61 Å². The monoisotopic (exact) mass is 605 g/mol. The van der Waals surface area contributed by atoms with E-state index in [-0.39, 0.29) is 11.8 Å². The summed E-state index contributed by atoms with van der Waals surface area (Å²) >= 11 is 0. The van der Waals surface area contributed by atoms with Crippen molar-refractivity contribution in [2.75, 3.05) is 19.0 Å². The Hall–Kier alpha value is -5.33. The summed E-state index contributed by atoms with van der Waals surface area (Å²) in [6.45, 7) is 1.32. The molecule has 1 saturated carbocycles. The van der Waals surface area contributed by atoms with E-state index in [4.69, 9.17) is 19.4 Å². The van der Waals surface area contributed by atoms with E-state index < -0.39 is 17.6 Å². The third-order valence-electron chi connectivity index (χ3n) is 7.86. The van der Waals surface area contributed by atoms with Gasteiger partial charge in [0.25, 0.3) is 0 Å². The van der Waals surface area contributed by atoms with Crippen LogP contribution in [0.1, 0.15) is 23.5 Å². The molecule has 2 aromatic heterocycles. The molecule has 7 rings (SSSR count). The third-order valence-corrected chi connectivity index (χ3v) is 7.86. The third kappa shape index (κ3) is 5.32. The number of ether oxygens (including phenoxy) is 2. The Morgan fingerprint density at radius 1 is 1.11 bits per heavy atom. The second-order valence-electron chi connectivity index (χ2n) is 10.4. The number of methoxy groups -OCH3 is 1. The van der Waals surface area contributed by atoms with Crippen LogP contribution in [-0.4, -0.2) is 56.6 Å². The lowest BCUT2D eigenvalue weighted by atomic mass is 9.91. The number of carboxylic acids is 1. The first-order valence-corrected chi connectivity index (χ1v) is 13.6. The number of carbonyl (C=O) groups is 2. The topological polar surface area (TPSA) is 131 Å². The number of aromatic amines is 1. The van der Waals surface area contributed by atoms with Crippen LogP contribution in [0.4, 0.5) is 18.9 Å². The number of carbonyl (C=O) groups excluding carboxylic acids is 1. The molecular formula is C31H26F3N5O5. The van der Waals surface area contributed by atoms with Gasteiger partial charge in [-0.2, -0.15) is 18.3 Å². The van der Waals surface area contributed by atoms with Crippen LogP contribution in [0.15, 0.2) is 79.4 Å². The maximum absolute atomic E-state index is 13.0. The Labute approximate surface area is 248 Å². The van der Waals surface area contributed by atoms with Crippen molar-refractivity contribution in [3.63, 3.8) is 0 Å². The number of rotatable bonds is 7. The number of aromatic nitrogens is 4. The molecule has 0 bridgehead atoms. The van der Waals surface area contributed by atoms with Crippen LogP contribution >= 0.6 is 0 Å². The minimum atomic E-state index is -5.08. The van der Waals surface area contributed by atoms with E-state index >= 15 is 0 Å². The summed E-state index contributed by atoms with van der Waals surface area (Å²) in [4.78, 5) is 26.0. The minimum Gasteiger partial charge on any atom is -0.497 e. The number of benzene rings is 3. The normalized spacial score (nSPS) is 18.4. The summed E-state index contributed by atoms with van der Waals surface area (Å²) < 4.78 is 45.0. The van der Waals surface area contributed by atoms with Crippen molar-refractivity contribution in [1.29, 1.82) is 0 Å². The number of halogens is 3. The highest BCUT2D eigenvalue weighted by molar-refractivity contribution is 6.10. The molecule has 2 atom stereocenters. The lowest BCUT2D eigenvalue weighted by Gasteiger charge is -2.10. The van der Waals surface area contributed by atoms with E-state index in [0.717, 1.165) is 63.4 Å². The second kappa shape index (κ2) is 11.1. The van der Waals surface area contributed by atoms with Crippen molar-refractivity contribution in [1.82, 2.24) is 19.7 Å². The molecule has 1 aliphatic heterocycles. The summed E-state index contributed by atoms with van der Waals surface area (Å²) in [6.07, 6.45) is 1.16. The molecule has 10 nitrogen and oxygen atoms in total. The summed E-state index contributed by atoms with van der Waals surface area (Å²) in [5, 5.41) is 19.0. The molecule has 0 saturated heterocycles. The number of hydrogen-bond acceptors (Lipinski definition) is 6. The van der Waals surface area contributed by atoms with Gasteiger partial charge in [-0.25, -0.2) is 9.78 Å². The fraction of sp³-hybridized carbons (Fsp3) is 0.226. The second-order valence-corrected chi connectivity index (χ2v) is 10.4. The number of fused-ring (bicyclic) bond motifs is 3. The van der Waals surface area contributed by atoms with Crippen molar-refractivity contribution in [2.24, 2.45) is 0 Å². The van der Waals surface area contributed by atoms with Crippen molar-refractivity contribution in [2.45, 2.75) is 30.5 Å². The molecule has 44 heavy (non-hydrogen) atoms. The number of nitrogens with zero attached hydrogens (tertiary/aromatic N) is 3. The number of anilines is 1. The first-order valence-electron chi connectivity index (χ1n) is 13.6. The molecule has 13 heteroatoms. The van der Waals surface area contributed by atoms with Gasteiger partial charge < -0.3 is 24.5 Å². The molecule has 1 aliphatic carbocycles. The van der Waals surface area contributed by atoms with Gasteiger partial charge in [0.2, 0.25) is 5.91 Å². The first-order chi connectivity index (χ1) is 21.1. The number of nitrogens with one attached hydrogen (secondary N) is 2. The molecule has 5 aromatic rings. The van der Waals surface area contributed by atoms with Crippen LogP contribution in [0.2, 0.25) is 0 Å². The maximum Gasteiger partial charge on any atom is 0.490 e. The molecule has 3 N–H and O–H groups in total. The molecule has 3 aromatic carbocycles. The number of imidazole rings is 1. The van der Waals surface area contributed by atoms with Crippen molar-refractivity contribution in [3.8, 4) is 22.8 Å².